The van der Waals surface area contributed by atoms with E-state index in [0.29, 0.717) is 13.0 Å². The van der Waals surface area contributed by atoms with Gasteiger partial charge in [0.05, 0.1) is 6.61 Å². The quantitative estimate of drug-likeness (QED) is 0.378. The standard InChI is InChI=1S/C10H10Cl3NO.Na.H/c11-10(12,13)9(14)15-7-6-8-4-2-1-3-5-8;;/h1-5,14H,6-7H2;;/q;+1;-1. The Balaban J connectivity index is 0. The van der Waals surface area contributed by atoms with Crippen LogP contribution in [0.5, 0.6) is 0 Å². The molecule has 0 heterocycles. The number of nitrogens with one attached hydrogen (secondary N) is 1. The van der Waals surface area contributed by atoms with Crippen LogP contribution in [0.2, 0.25) is 0 Å². The summed E-state index contributed by atoms with van der Waals surface area (Å²) in [5.41, 5.74) is 1.12. The molecule has 0 atom stereocenters. The summed E-state index contributed by atoms with van der Waals surface area (Å²) in [5.74, 6) is -0.344. The Hall–Kier alpha value is 0.560. The van der Waals surface area contributed by atoms with E-state index in [1.807, 2.05) is 30.3 Å². The fourth-order valence-corrected chi connectivity index (χ4v) is 1.16. The molecule has 0 bridgehead atoms. The van der Waals surface area contributed by atoms with Gasteiger partial charge in [0.1, 0.15) is 0 Å². The fraction of sp³-hybridized carbons (Fsp3) is 0.300. The second-order valence-electron chi connectivity index (χ2n) is 2.91. The van der Waals surface area contributed by atoms with Crippen molar-refractivity contribution in [2.24, 2.45) is 0 Å². The molecule has 0 saturated carbocycles. The van der Waals surface area contributed by atoms with Gasteiger partial charge in [0.15, 0.2) is 0 Å². The maximum Gasteiger partial charge on any atom is 1.00 e. The molecule has 0 unspecified atom stereocenters. The predicted molar refractivity (Wildman–Crippen MR) is 65.2 cm³/mol. The molecule has 0 amide bonds. The molecule has 1 aromatic carbocycles. The van der Waals surface area contributed by atoms with Crippen LogP contribution in [-0.2, 0) is 11.2 Å². The minimum Gasteiger partial charge on any atom is -1.00 e. The average Bonchev–Trinajstić information content (AvgIpc) is 2.18. The Bertz CT molecular complexity index is 332. The molecule has 0 aliphatic carbocycles. The molecule has 0 aliphatic heterocycles. The van der Waals surface area contributed by atoms with Crippen LogP contribution in [0, 0.1) is 5.41 Å². The molecule has 0 aromatic heterocycles. The summed E-state index contributed by atoms with van der Waals surface area (Å²) < 4.78 is 3.23. The van der Waals surface area contributed by atoms with E-state index in [1.54, 1.807) is 0 Å². The van der Waals surface area contributed by atoms with E-state index in [9.17, 15) is 0 Å². The van der Waals surface area contributed by atoms with Crippen LogP contribution in [-0.4, -0.2) is 16.3 Å². The van der Waals surface area contributed by atoms with Crippen molar-refractivity contribution in [3.8, 4) is 0 Å². The van der Waals surface area contributed by atoms with Crippen molar-refractivity contribution in [1.29, 1.82) is 5.41 Å². The molecule has 0 fully saturated rings. The van der Waals surface area contributed by atoms with Crippen molar-refractivity contribution >= 4 is 40.7 Å². The van der Waals surface area contributed by atoms with E-state index in [1.165, 1.54) is 0 Å². The molecule has 0 saturated heterocycles. The van der Waals surface area contributed by atoms with Crippen LogP contribution in [0.3, 0.4) is 0 Å². The van der Waals surface area contributed by atoms with Gasteiger partial charge in [-0.05, 0) is 5.56 Å². The summed E-state index contributed by atoms with van der Waals surface area (Å²) in [6, 6.07) is 9.77. The van der Waals surface area contributed by atoms with E-state index >= 15 is 0 Å². The number of ether oxygens (including phenoxy) is 1. The molecule has 6 heteroatoms. The molecular weight excluding hydrogens is 279 g/mol. The van der Waals surface area contributed by atoms with Crippen molar-refractivity contribution in [2.45, 2.75) is 10.2 Å². The van der Waals surface area contributed by atoms with Gasteiger partial charge in [0.2, 0.25) is 5.90 Å². The summed E-state index contributed by atoms with van der Waals surface area (Å²) in [4.78, 5) is 0. The van der Waals surface area contributed by atoms with Crippen LogP contribution < -0.4 is 29.6 Å². The summed E-state index contributed by atoms with van der Waals surface area (Å²) in [6.45, 7) is 0.330. The minimum absolute atomic E-state index is 0. The van der Waals surface area contributed by atoms with Gasteiger partial charge in [-0.2, -0.15) is 0 Å². The molecule has 1 aromatic rings. The van der Waals surface area contributed by atoms with Crippen molar-refractivity contribution in [3.63, 3.8) is 0 Å². The van der Waals surface area contributed by atoms with Gasteiger partial charge in [-0.15, -0.1) is 0 Å². The first-order chi connectivity index (χ1) is 7.00. The summed E-state index contributed by atoms with van der Waals surface area (Å²) in [6.07, 6.45) is 0.684. The van der Waals surface area contributed by atoms with Crippen LogP contribution in [0.4, 0.5) is 0 Å². The second-order valence-corrected chi connectivity index (χ2v) is 5.19. The normalized spacial score (nSPS) is 10.4. The summed E-state index contributed by atoms with van der Waals surface area (Å²) in [5, 5.41) is 7.29. The van der Waals surface area contributed by atoms with Gasteiger partial charge < -0.3 is 6.16 Å². The van der Waals surface area contributed by atoms with Crippen LogP contribution >= 0.6 is 34.8 Å². The van der Waals surface area contributed by atoms with Crippen molar-refractivity contribution < 1.29 is 35.7 Å². The van der Waals surface area contributed by atoms with Crippen LogP contribution in [0.1, 0.15) is 6.99 Å². The number of benzene rings is 1. The Morgan fingerprint density at radius 2 is 1.81 bits per heavy atom. The van der Waals surface area contributed by atoms with Crippen molar-refractivity contribution in [2.75, 3.05) is 6.61 Å². The molecule has 0 radical (unpaired) electrons. The summed E-state index contributed by atoms with van der Waals surface area (Å²) >= 11 is 16.3. The largest absolute Gasteiger partial charge is 1.00 e. The van der Waals surface area contributed by atoms with Crippen LogP contribution in [0.25, 0.3) is 0 Å². The zero-order valence-corrected chi connectivity index (χ0v) is 13.1. The molecule has 0 aliphatic rings. The average molecular weight is 291 g/mol. The third kappa shape index (κ3) is 6.33. The monoisotopic (exact) mass is 289 g/mol. The predicted octanol–water partition coefficient (Wildman–Crippen LogP) is 0.710. The Morgan fingerprint density at radius 3 is 2.31 bits per heavy atom. The smallest absolute Gasteiger partial charge is 1.00 e. The molecule has 2 nitrogen and oxygen atoms in total. The Labute approximate surface area is 133 Å². The maximum atomic E-state index is 7.29. The number of rotatable bonds is 3. The van der Waals surface area contributed by atoms with Gasteiger partial charge in [0.25, 0.3) is 3.79 Å². The molecule has 0 spiro atoms. The number of hydrogen-bond donors (Lipinski definition) is 1. The first kappa shape index (κ1) is 16.6. The van der Waals surface area contributed by atoms with Crippen molar-refractivity contribution in [1.82, 2.24) is 0 Å². The van der Waals surface area contributed by atoms with E-state index in [-0.39, 0.29) is 36.9 Å². The first-order valence-electron chi connectivity index (χ1n) is 4.32. The number of hydrogen-bond acceptors (Lipinski definition) is 2. The first-order valence-corrected chi connectivity index (χ1v) is 5.46. The Morgan fingerprint density at radius 1 is 1.25 bits per heavy atom. The van der Waals surface area contributed by atoms with Gasteiger partial charge in [-0.25, -0.2) is 0 Å². The SMILES string of the molecule is N=C(OCCc1ccccc1)C(Cl)(Cl)Cl.[H-].[Na+]. The van der Waals surface area contributed by atoms with Gasteiger partial charge >= 0.3 is 29.6 Å². The molecule has 16 heavy (non-hydrogen) atoms. The van der Waals surface area contributed by atoms with Crippen LogP contribution in [0.15, 0.2) is 30.3 Å². The third-order valence-corrected chi connectivity index (χ3v) is 2.25. The second kappa shape index (κ2) is 7.80. The maximum absolute atomic E-state index is 7.29. The van der Waals surface area contributed by atoms with Gasteiger partial charge in [0, 0.05) is 6.42 Å². The van der Waals surface area contributed by atoms with E-state index in [2.05, 4.69) is 0 Å². The zero-order chi connectivity index (χ0) is 11.3. The van der Waals surface area contributed by atoms with Gasteiger partial charge in [-0.1, -0.05) is 65.1 Å². The van der Waals surface area contributed by atoms with E-state index in [0.717, 1.165) is 5.56 Å². The number of alkyl halides is 3. The zero-order valence-electron chi connectivity index (χ0n) is 9.84. The van der Waals surface area contributed by atoms with E-state index in [4.69, 9.17) is 44.9 Å². The molecule has 1 N–H and O–H groups in total. The molecule has 84 valence electrons. The topological polar surface area (TPSA) is 33.1 Å². The molecular formula is C10H11Cl3NNaO. The number of halogens is 3. The minimum atomic E-state index is -1.77. The van der Waals surface area contributed by atoms with Crippen molar-refractivity contribution in [3.05, 3.63) is 35.9 Å². The molecule has 1 rings (SSSR count). The third-order valence-electron chi connectivity index (χ3n) is 1.74. The van der Waals surface area contributed by atoms with E-state index < -0.39 is 3.79 Å². The Kier molecular flexibility index (Phi) is 8.08. The fourth-order valence-electron chi connectivity index (χ4n) is 0.997. The summed E-state index contributed by atoms with van der Waals surface area (Å²) in [7, 11) is 0. The van der Waals surface area contributed by atoms with Gasteiger partial charge in [-0.3, -0.25) is 5.41 Å².